The van der Waals surface area contributed by atoms with Gasteiger partial charge in [0.15, 0.2) is 0 Å². The van der Waals surface area contributed by atoms with Crippen LogP contribution in [-0.4, -0.2) is 8.42 Å². The minimum Gasteiger partial charge on any atom is -0.187 e. The molecule has 1 atom stereocenters. The van der Waals surface area contributed by atoms with Crippen molar-refractivity contribution in [3.8, 4) is 0 Å². The van der Waals surface area contributed by atoms with Crippen LogP contribution in [0.2, 0.25) is 0 Å². The van der Waals surface area contributed by atoms with Crippen LogP contribution < -0.4 is 11.0 Å². The first-order chi connectivity index (χ1) is 2.94. The average Bonchev–Trinajstić information content (AvgIpc) is 1.31. The summed E-state index contributed by atoms with van der Waals surface area (Å²) in [5.41, 5.74) is 6.25. The molecular weight excluding hydrogens is 118 g/mol. The zero-order chi connectivity index (χ0) is 6.08. The summed E-state index contributed by atoms with van der Waals surface area (Å²) in [6.45, 7) is 0. The molecule has 0 aliphatic carbocycles. The molecular formula is H6N5OS+. The Hall–Kier alpha value is -0.690. The van der Waals surface area contributed by atoms with E-state index in [-0.39, 0.29) is 4.21 Å². The van der Waals surface area contributed by atoms with Gasteiger partial charge in [0.2, 0.25) is 0 Å². The summed E-state index contributed by atoms with van der Waals surface area (Å²) in [6, 6.07) is 0. The van der Waals surface area contributed by atoms with Crippen molar-refractivity contribution < 1.29 is 8.42 Å². The molecule has 7 heteroatoms. The van der Waals surface area contributed by atoms with Crippen LogP contribution in [0.4, 0.5) is 0 Å². The Labute approximate surface area is 40.8 Å². The lowest BCUT2D eigenvalue weighted by Crippen LogP contribution is -2.29. The molecule has 0 aromatic carbocycles. The third-order valence-electron chi connectivity index (χ3n) is 0.292. The highest BCUT2D eigenvalue weighted by Gasteiger charge is 2.06. The van der Waals surface area contributed by atoms with E-state index in [1.165, 1.54) is 0 Å². The summed E-state index contributed by atoms with van der Waals surface area (Å²) >= 11 is 0. The van der Waals surface area contributed by atoms with Crippen molar-refractivity contribution in [1.29, 1.82) is 10.3 Å². The number of rotatable bonds is 1. The molecule has 7 heavy (non-hydrogen) atoms. The lowest BCUT2D eigenvalue weighted by Gasteiger charge is -1.81. The van der Waals surface area contributed by atoms with Gasteiger partial charge in [-0.15, -0.1) is 0 Å². The molecule has 0 bridgehead atoms. The Balaban J connectivity index is 4.43. The number of hydrogen-bond donors (Lipinski definition) is 4. The fourth-order valence-corrected chi connectivity index (χ4v) is 0. The monoisotopic (exact) mass is 124 g/mol. The Bertz CT molecular complexity index is 163. The SMILES string of the molecule is N=[N+](N)S(=N)(N)=O. The molecule has 0 heterocycles. The van der Waals surface area contributed by atoms with Gasteiger partial charge in [-0.2, -0.15) is 20.0 Å². The molecule has 1 unspecified atom stereocenters. The van der Waals surface area contributed by atoms with E-state index >= 15 is 0 Å². The molecule has 0 radical (unpaired) electrons. The van der Waals surface area contributed by atoms with E-state index in [4.69, 9.17) is 10.3 Å². The highest BCUT2D eigenvalue weighted by atomic mass is 32.2. The average molecular weight is 124 g/mol. The van der Waals surface area contributed by atoms with Crippen LogP contribution in [0.15, 0.2) is 0 Å². The lowest BCUT2D eigenvalue weighted by molar-refractivity contribution is -0.474. The smallest absolute Gasteiger partial charge is 0.187 e. The normalized spacial score (nSPS) is 17.9. The largest absolute Gasteiger partial charge is 0.380 e. The van der Waals surface area contributed by atoms with Gasteiger partial charge in [-0.25, -0.2) is 0 Å². The number of nitrogens with two attached hydrogens (primary N) is 2. The van der Waals surface area contributed by atoms with Gasteiger partial charge in [-0.05, 0) is 5.53 Å². The van der Waals surface area contributed by atoms with Gasteiger partial charge in [-0.3, -0.25) is 0 Å². The second kappa shape index (κ2) is 1.43. The van der Waals surface area contributed by atoms with E-state index in [0.717, 1.165) is 0 Å². The third-order valence-corrected chi connectivity index (χ3v) is 0.877. The molecule has 0 aliphatic heterocycles. The molecule has 0 spiro atoms. The van der Waals surface area contributed by atoms with Gasteiger partial charge in [-0.1, -0.05) is 0 Å². The molecule has 0 aromatic heterocycles. The zero-order valence-corrected chi connectivity index (χ0v) is 4.23. The van der Waals surface area contributed by atoms with Gasteiger partial charge >= 0.3 is 10.1 Å². The van der Waals surface area contributed by atoms with Crippen LogP contribution in [-0.2, 0) is 10.1 Å². The van der Waals surface area contributed by atoms with Crippen LogP contribution in [0, 0.1) is 10.3 Å². The van der Waals surface area contributed by atoms with Crippen molar-refractivity contribution in [3.63, 3.8) is 0 Å². The van der Waals surface area contributed by atoms with E-state index in [2.05, 4.69) is 11.0 Å². The summed E-state index contributed by atoms with van der Waals surface area (Å²) in [5.74, 6) is 4.48. The molecule has 6 nitrogen and oxygen atoms in total. The van der Waals surface area contributed by atoms with Crippen molar-refractivity contribution in [2.45, 2.75) is 0 Å². The van der Waals surface area contributed by atoms with Crippen LogP contribution in [0.3, 0.4) is 0 Å². The van der Waals surface area contributed by atoms with Crippen LogP contribution >= 0.6 is 0 Å². The van der Waals surface area contributed by atoms with Crippen LogP contribution in [0.1, 0.15) is 0 Å². The second-order valence-corrected chi connectivity index (χ2v) is 2.43. The molecule has 0 fully saturated rings. The Morgan fingerprint density at radius 2 is 1.86 bits per heavy atom. The highest BCUT2D eigenvalue weighted by molar-refractivity contribution is 7.83. The molecule has 0 saturated heterocycles. The topological polar surface area (TPSA) is 120 Å². The maximum absolute atomic E-state index is 9.94. The fraction of sp³-hybridized carbons (Fsp3) is 0. The van der Waals surface area contributed by atoms with Crippen LogP contribution in [0.25, 0.3) is 0 Å². The summed E-state index contributed by atoms with van der Waals surface area (Å²) < 4.78 is 16.2. The summed E-state index contributed by atoms with van der Waals surface area (Å²) in [5, 5.41) is 4.49. The number of hydrogen-bond acceptors (Lipinski definition) is 3. The number of nitrogens with one attached hydrogen (secondary N) is 2. The molecule has 0 aromatic rings. The van der Waals surface area contributed by atoms with E-state index < -0.39 is 10.1 Å². The molecule has 6 N–H and O–H groups in total. The van der Waals surface area contributed by atoms with E-state index in [0.29, 0.717) is 0 Å². The summed E-state index contributed by atoms with van der Waals surface area (Å²) in [4.78, 5) is 0. The van der Waals surface area contributed by atoms with Gasteiger partial charge in [0, 0.05) is 0 Å². The van der Waals surface area contributed by atoms with E-state index in [1.54, 1.807) is 0 Å². The molecule has 0 rings (SSSR count). The first kappa shape index (κ1) is 6.31. The minimum atomic E-state index is -3.46. The predicted octanol–water partition coefficient (Wildman–Crippen LogP) is -1.26. The summed E-state index contributed by atoms with van der Waals surface area (Å²) in [6.07, 6.45) is 0. The van der Waals surface area contributed by atoms with E-state index in [1.807, 2.05) is 0 Å². The fourth-order valence-electron chi connectivity index (χ4n) is 0. The first-order valence-electron chi connectivity index (χ1n) is 1.27. The molecule has 0 aliphatic rings. The van der Waals surface area contributed by atoms with Crippen LogP contribution in [0.5, 0.6) is 0 Å². The van der Waals surface area contributed by atoms with Crippen molar-refractivity contribution >= 4 is 10.1 Å². The Kier molecular flexibility index (Phi) is 1.29. The van der Waals surface area contributed by atoms with Gasteiger partial charge < -0.3 is 0 Å². The predicted molar refractivity (Wildman–Crippen MR) is 22.2 cm³/mol. The third kappa shape index (κ3) is 2.06. The number of nitrogens with zero attached hydrogens (tertiary/aromatic N) is 1. The Morgan fingerprint density at radius 1 is 1.71 bits per heavy atom. The summed E-state index contributed by atoms with van der Waals surface area (Å²) in [7, 11) is -3.46. The molecule has 0 amide bonds. The second-order valence-electron chi connectivity index (χ2n) is 0.894. The number of hydrazine groups is 1. The quantitative estimate of drug-likeness (QED) is 0.151. The Morgan fingerprint density at radius 3 is 1.86 bits per heavy atom. The zero-order valence-electron chi connectivity index (χ0n) is 3.42. The lowest BCUT2D eigenvalue weighted by atomic mass is 12.8. The minimum absolute atomic E-state index is 0.0903. The maximum atomic E-state index is 9.94. The highest BCUT2D eigenvalue weighted by Crippen LogP contribution is 1.68. The molecule has 42 valence electrons. The first-order valence-corrected chi connectivity index (χ1v) is 2.85. The molecule has 0 saturated carbocycles. The van der Waals surface area contributed by atoms with E-state index in [9.17, 15) is 4.21 Å². The van der Waals surface area contributed by atoms with Crippen molar-refractivity contribution in [2.75, 3.05) is 0 Å². The van der Waals surface area contributed by atoms with Crippen molar-refractivity contribution in [3.05, 3.63) is 0 Å². The van der Waals surface area contributed by atoms with Gasteiger partial charge in [0.1, 0.15) is 4.21 Å². The van der Waals surface area contributed by atoms with Crippen molar-refractivity contribution in [1.82, 2.24) is 0 Å². The standard InChI is InChI=1S/H6N5OS/c1-5(2)7(3,4)6/h(H3,1,2)(H3,3,4,6)/q+1. The van der Waals surface area contributed by atoms with Gasteiger partial charge in [0.25, 0.3) is 0 Å². The van der Waals surface area contributed by atoms with Gasteiger partial charge in [0.05, 0.1) is 0 Å². The van der Waals surface area contributed by atoms with Crippen molar-refractivity contribution in [2.24, 2.45) is 11.0 Å². The maximum Gasteiger partial charge on any atom is 0.380 e.